The summed E-state index contributed by atoms with van der Waals surface area (Å²) in [4.78, 5) is 0. The Labute approximate surface area is 112 Å². The number of hydrogen-bond donors (Lipinski definition) is 0. The van der Waals surface area contributed by atoms with Gasteiger partial charge >= 0.3 is 0 Å². The van der Waals surface area contributed by atoms with Crippen molar-refractivity contribution < 1.29 is 23.0 Å². The van der Waals surface area contributed by atoms with E-state index in [2.05, 4.69) is 0 Å². The van der Waals surface area contributed by atoms with Crippen molar-refractivity contribution in [1.82, 2.24) is 0 Å². The fraction of sp³-hybridized carbons (Fsp3) is 0.571. The van der Waals surface area contributed by atoms with Crippen molar-refractivity contribution >= 4 is 0 Å². The van der Waals surface area contributed by atoms with Crippen LogP contribution < -0.4 is 0 Å². The zero-order valence-corrected chi connectivity index (χ0v) is 11.5. The van der Waals surface area contributed by atoms with Crippen molar-refractivity contribution in [1.29, 1.82) is 0 Å². The molecule has 0 N–H and O–H groups in total. The first-order valence-corrected chi connectivity index (χ1v) is 6.43. The van der Waals surface area contributed by atoms with Gasteiger partial charge in [0.1, 0.15) is 11.6 Å². The minimum atomic E-state index is -1.44. The third-order valence-electron chi connectivity index (χ3n) is 2.55. The lowest BCUT2D eigenvalue weighted by Gasteiger charge is -2.32. The molecule has 1 aromatic carbocycles. The van der Waals surface area contributed by atoms with Gasteiger partial charge < -0.3 is 14.2 Å². The Hall–Kier alpha value is -1.04. The summed E-state index contributed by atoms with van der Waals surface area (Å²) in [6.07, 6.45) is -0.138. The normalized spacial score (nSPS) is 11.8. The Morgan fingerprint density at radius 2 is 1.32 bits per heavy atom. The van der Waals surface area contributed by atoms with Gasteiger partial charge in [-0.25, -0.2) is 8.78 Å². The van der Waals surface area contributed by atoms with Gasteiger partial charge in [-0.3, -0.25) is 0 Å². The maximum absolute atomic E-state index is 13.7. The third kappa shape index (κ3) is 4.23. The fourth-order valence-corrected chi connectivity index (χ4v) is 1.86. The maximum Gasteiger partial charge on any atom is 0.287 e. The van der Waals surface area contributed by atoms with Crippen LogP contribution in [0.1, 0.15) is 26.3 Å². The van der Waals surface area contributed by atoms with E-state index in [0.29, 0.717) is 19.8 Å². The van der Waals surface area contributed by atoms with E-state index in [4.69, 9.17) is 14.2 Å². The van der Waals surface area contributed by atoms with Crippen molar-refractivity contribution in [2.75, 3.05) is 19.8 Å². The molecule has 0 aliphatic carbocycles. The third-order valence-corrected chi connectivity index (χ3v) is 2.55. The van der Waals surface area contributed by atoms with E-state index in [1.807, 2.05) is 0 Å². The highest BCUT2D eigenvalue weighted by Crippen LogP contribution is 2.25. The van der Waals surface area contributed by atoms with E-state index in [0.717, 1.165) is 0 Å². The highest BCUT2D eigenvalue weighted by Gasteiger charge is 2.35. The molecule has 0 unspecified atom stereocenters. The molecule has 19 heavy (non-hydrogen) atoms. The van der Waals surface area contributed by atoms with Crippen molar-refractivity contribution in [3.63, 3.8) is 0 Å². The number of rotatable bonds is 8. The maximum atomic E-state index is 13.7. The lowest BCUT2D eigenvalue weighted by molar-refractivity contribution is -0.376. The second-order valence-corrected chi connectivity index (χ2v) is 3.86. The molecule has 0 amide bonds. The molecule has 3 nitrogen and oxygen atoms in total. The van der Waals surface area contributed by atoms with Gasteiger partial charge in [-0.2, -0.15) is 0 Å². The van der Waals surface area contributed by atoms with E-state index in [1.165, 1.54) is 18.2 Å². The molecular weight excluding hydrogens is 254 g/mol. The Morgan fingerprint density at radius 1 is 0.895 bits per heavy atom. The monoisotopic (exact) mass is 274 g/mol. The van der Waals surface area contributed by atoms with Gasteiger partial charge in [-0.15, -0.1) is 0 Å². The van der Waals surface area contributed by atoms with E-state index >= 15 is 0 Å². The number of halogens is 2. The highest BCUT2D eigenvalue weighted by molar-refractivity contribution is 5.20. The highest BCUT2D eigenvalue weighted by atomic mass is 19.1. The first-order chi connectivity index (χ1) is 9.08. The van der Waals surface area contributed by atoms with Crippen LogP contribution in [0.5, 0.6) is 0 Å². The summed E-state index contributed by atoms with van der Waals surface area (Å²) in [6.45, 7) is 6.25. The predicted molar refractivity (Wildman–Crippen MR) is 67.7 cm³/mol. The van der Waals surface area contributed by atoms with E-state index < -0.39 is 17.6 Å². The first kappa shape index (κ1) is 16.0. The first-order valence-electron chi connectivity index (χ1n) is 6.43. The van der Waals surface area contributed by atoms with Gasteiger partial charge in [0.05, 0.1) is 6.42 Å². The minimum Gasteiger partial charge on any atom is -0.327 e. The Morgan fingerprint density at radius 3 is 1.68 bits per heavy atom. The molecule has 0 spiro atoms. The van der Waals surface area contributed by atoms with Crippen LogP contribution in [0.2, 0.25) is 0 Å². The van der Waals surface area contributed by atoms with Crippen molar-refractivity contribution in [3.8, 4) is 0 Å². The zero-order chi connectivity index (χ0) is 14.3. The summed E-state index contributed by atoms with van der Waals surface area (Å²) >= 11 is 0. The van der Waals surface area contributed by atoms with Gasteiger partial charge in [0.2, 0.25) is 0 Å². The van der Waals surface area contributed by atoms with Crippen LogP contribution in [-0.2, 0) is 20.6 Å². The van der Waals surface area contributed by atoms with Crippen molar-refractivity contribution in [2.45, 2.75) is 33.2 Å². The average Bonchev–Trinajstić information content (AvgIpc) is 2.35. The average molecular weight is 274 g/mol. The standard InChI is InChI=1S/C14H20F2O3/c1-4-17-14(18-5-2,19-6-3)10-11-12(15)8-7-9-13(11)16/h7-9H,4-6,10H2,1-3H3. The summed E-state index contributed by atoms with van der Waals surface area (Å²) in [7, 11) is 0. The molecule has 0 aliphatic rings. The molecule has 5 heteroatoms. The van der Waals surface area contributed by atoms with Gasteiger partial charge in [0, 0.05) is 25.4 Å². The molecule has 0 fully saturated rings. The quantitative estimate of drug-likeness (QED) is 0.681. The smallest absolute Gasteiger partial charge is 0.287 e. The molecule has 1 aromatic rings. The topological polar surface area (TPSA) is 27.7 Å². The molecular formula is C14H20F2O3. The molecule has 108 valence electrons. The van der Waals surface area contributed by atoms with Gasteiger partial charge in [-0.1, -0.05) is 6.07 Å². The molecule has 0 saturated heterocycles. The Kier molecular flexibility index (Phi) is 6.34. The molecule has 1 rings (SSSR count). The second-order valence-electron chi connectivity index (χ2n) is 3.86. The fourth-order valence-electron chi connectivity index (χ4n) is 1.86. The van der Waals surface area contributed by atoms with Crippen LogP contribution in [-0.4, -0.2) is 25.8 Å². The largest absolute Gasteiger partial charge is 0.327 e. The summed E-state index contributed by atoms with van der Waals surface area (Å²) in [5, 5.41) is 0. The van der Waals surface area contributed by atoms with Gasteiger partial charge in [-0.05, 0) is 32.9 Å². The summed E-state index contributed by atoms with van der Waals surface area (Å²) in [5.74, 6) is -2.71. The Balaban J connectivity index is 3.04. The molecule has 0 saturated carbocycles. The van der Waals surface area contributed by atoms with Crippen LogP contribution in [0.15, 0.2) is 18.2 Å². The molecule has 0 bridgehead atoms. The molecule has 0 aliphatic heterocycles. The van der Waals surface area contributed by atoms with E-state index in [9.17, 15) is 8.78 Å². The van der Waals surface area contributed by atoms with Crippen molar-refractivity contribution in [2.24, 2.45) is 0 Å². The molecule has 0 atom stereocenters. The second kappa shape index (κ2) is 7.53. The predicted octanol–water partition coefficient (Wildman–Crippen LogP) is 3.27. The summed E-state index contributed by atoms with van der Waals surface area (Å²) in [5.41, 5.74) is -0.0992. The van der Waals surface area contributed by atoms with E-state index in [1.54, 1.807) is 20.8 Å². The SMILES string of the molecule is CCOC(Cc1c(F)cccc1F)(OCC)OCC. The van der Waals surface area contributed by atoms with Gasteiger partial charge in [0.25, 0.3) is 5.97 Å². The summed E-state index contributed by atoms with van der Waals surface area (Å²) < 4.78 is 43.7. The number of benzene rings is 1. The van der Waals surface area contributed by atoms with Crippen LogP contribution in [0.3, 0.4) is 0 Å². The Bertz CT molecular complexity index is 359. The number of hydrogen-bond acceptors (Lipinski definition) is 3. The van der Waals surface area contributed by atoms with Gasteiger partial charge in [0.15, 0.2) is 0 Å². The number of ether oxygens (including phenoxy) is 3. The minimum absolute atomic E-state index is 0.0992. The van der Waals surface area contributed by atoms with Crippen LogP contribution in [0.4, 0.5) is 8.78 Å². The molecule has 0 aromatic heterocycles. The van der Waals surface area contributed by atoms with Crippen LogP contribution in [0.25, 0.3) is 0 Å². The van der Waals surface area contributed by atoms with E-state index in [-0.39, 0.29) is 12.0 Å². The molecule has 0 radical (unpaired) electrons. The van der Waals surface area contributed by atoms with Crippen molar-refractivity contribution in [3.05, 3.63) is 35.4 Å². The zero-order valence-electron chi connectivity index (χ0n) is 11.5. The lowest BCUT2D eigenvalue weighted by atomic mass is 10.1. The van der Waals surface area contributed by atoms with Crippen LogP contribution >= 0.6 is 0 Å². The lowest BCUT2D eigenvalue weighted by Crippen LogP contribution is -2.42. The molecule has 0 heterocycles. The summed E-state index contributed by atoms with van der Waals surface area (Å²) in [6, 6.07) is 3.72. The van der Waals surface area contributed by atoms with Crippen LogP contribution in [0, 0.1) is 11.6 Å².